The van der Waals surface area contributed by atoms with Crippen molar-refractivity contribution >= 4 is 0 Å². The molecule has 1 saturated carbocycles. The van der Waals surface area contributed by atoms with E-state index in [4.69, 9.17) is 0 Å². The van der Waals surface area contributed by atoms with Crippen molar-refractivity contribution in [2.24, 2.45) is 0 Å². The maximum absolute atomic E-state index is 12.9. The molecule has 1 fully saturated rings. The van der Waals surface area contributed by atoms with Crippen LogP contribution in [0, 0.1) is 0 Å². The van der Waals surface area contributed by atoms with E-state index in [1.807, 2.05) is 0 Å². The van der Waals surface area contributed by atoms with Crippen molar-refractivity contribution in [3.8, 4) is 0 Å². The molecule has 1 aliphatic carbocycles. The van der Waals surface area contributed by atoms with Crippen LogP contribution in [0.1, 0.15) is 30.9 Å². The number of aliphatic hydroxyl groups is 1. The average Bonchev–Trinajstić information content (AvgIpc) is 2.82. The van der Waals surface area contributed by atoms with Gasteiger partial charge in [-0.05, 0) is 18.4 Å². The fraction of sp³-hybridized carbons (Fsp3) is 0.500. The molecule has 0 heterocycles. The molecule has 0 amide bonds. The van der Waals surface area contributed by atoms with Crippen LogP contribution < -0.4 is 0 Å². The largest absolute Gasteiger partial charge is 0.390 e. The molecule has 82 valence electrons. The van der Waals surface area contributed by atoms with Crippen LogP contribution in [-0.4, -0.2) is 10.7 Å². The minimum atomic E-state index is -2.78. The van der Waals surface area contributed by atoms with Crippen LogP contribution in [-0.2, 0) is 12.3 Å². The summed E-state index contributed by atoms with van der Waals surface area (Å²) < 4.78 is 25.8. The Morgan fingerprint density at radius 1 is 1.27 bits per heavy atom. The van der Waals surface area contributed by atoms with Gasteiger partial charge in [0.05, 0.1) is 5.60 Å². The molecule has 0 spiro atoms. The molecule has 0 radical (unpaired) electrons. The summed E-state index contributed by atoms with van der Waals surface area (Å²) in [6.07, 6.45) is 2.21. The topological polar surface area (TPSA) is 20.2 Å². The van der Waals surface area contributed by atoms with E-state index in [-0.39, 0.29) is 5.56 Å². The Balaban J connectivity index is 2.10. The van der Waals surface area contributed by atoms with Gasteiger partial charge >= 0.3 is 0 Å². The number of halogens is 2. The molecule has 0 unspecified atom stereocenters. The van der Waals surface area contributed by atoms with E-state index in [1.165, 1.54) is 12.1 Å². The number of rotatable bonds is 3. The lowest BCUT2D eigenvalue weighted by Gasteiger charge is -2.12. The minimum Gasteiger partial charge on any atom is -0.390 e. The van der Waals surface area contributed by atoms with Crippen LogP contribution in [0.3, 0.4) is 0 Å². The van der Waals surface area contributed by atoms with Gasteiger partial charge in [-0.25, -0.2) is 8.78 Å². The van der Waals surface area contributed by atoms with Gasteiger partial charge < -0.3 is 5.11 Å². The summed E-state index contributed by atoms with van der Waals surface area (Å²) in [6, 6.07) is 6.20. The molecule has 1 N–H and O–H groups in total. The van der Waals surface area contributed by atoms with Crippen LogP contribution in [0.25, 0.3) is 0 Å². The van der Waals surface area contributed by atoms with Gasteiger partial charge in [0.25, 0.3) is 5.92 Å². The molecular formula is C12H14F2O. The van der Waals surface area contributed by atoms with Crippen LogP contribution in [0.5, 0.6) is 0 Å². The third-order valence-corrected chi connectivity index (χ3v) is 2.82. The van der Waals surface area contributed by atoms with E-state index < -0.39 is 11.5 Å². The standard InChI is InChI=1S/C12H14F2O/c1-11(13,14)10-4-2-9(3-5-10)8-12(15)6-7-12/h2-5,15H,6-8H2,1H3. The molecule has 0 bridgehead atoms. The summed E-state index contributed by atoms with van der Waals surface area (Å²) in [7, 11) is 0. The molecular weight excluding hydrogens is 198 g/mol. The van der Waals surface area contributed by atoms with Crippen LogP contribution in [0.15, 0.2) is 24.3 Å². The van der Waals surface area contributed by atoms with Gasteiger partial charge in [0.2, 0.25) is 0 Å². The number of benzene rings is 1. The molecule has 1 aromatic rings. The molecule has 15 heavy (non-hydrogen) atoms. The second-order valence-electron chi connectivity index (χ2n) is 4.49. The lowest BCUT2D eigenvalue weighted by Crippen LogP contribution is -2.11. The first-order valence-electron chi connectivity index (χ1n) is 5.09. The molecule has 1 aliphatic rings. The first kappa shape index (κ1) is 10.6. The Kier molecular flexibility index (Phi) is 2.30. The highest BCUT2D eigenvalue weighted by Gasteiger charge is 2.40. The van der Waals surface area contributed by atoms with Crippen molar-refractivity contribution < 1.29 is 13.9 Å². The average molecular weight is 212 g/mol. The number of alkyl halides is 2. The van der Waals surface area contributed by atoms with E-state index in [0.29, 0.717) is 6.42 Å². The summed E-state index contributed by atoms with van der Waals surface area (Å²) in [4.78, 5) is 0. The number of hydrogen-bond donors (Lipinski definition) is 1. The zero-order valence-corrected chi connectivity index (χ0v) is 8.63. The molecule has 0 aliphatic heterocycles. The summed E-state index contributed by atoms with van der Waals surface area (Å²) in [5.74, 6) is -2.78. The van der Waals surface area contributed by atoms with Crippen LogP contribution >= 0.6 is 0 Å². The van der Waals surface area contributed by atoms with Crippen molar-refractivity contribution in [3.05, 3.63) is 35.4 Å². The Hall–Kier alpha value is -0.960. The van der Waals surface area contributed by atoms with Gasteiger partial charge in [-0.2, -0.15) is 0 Å². The summed E-state index contributed by atoms with van der Waals surface area (Å²) in [5.41, 5.74) is 0.382. The lowest BCUT2D eigenvalue weighted by molar-refractivity contribution is 0.0174. The zero-order chi connectivity index (χ0) is 11.1. The fourth-order valence-electron chi connectivity index (χ4n) is 1.62. The SMILES string of the molecule is CC(F)(F)c1ccc(CC2(O)CC2)cc1. The molecule has 0 saturated heterocycles. The summed E-state index contributed by atoms with van der Waals surface area (Å²) in [6.45, 7) is 0.885. The molecule has 1 nitrogen and oxygen atoms in total. The van der Waals surface area contributed by atoms with Crippen molar-refractivity contribution in [3.63, 3.8) is 0 Å². The quantitative estimate of drug-likeness (QED) is 0.816. The normalized spacial score (nSPS) is 18.9. The Morgan fingerprint density at radius 2 is 1.80 bits per heavy atom. The van der Waals surface area contributed by atoms with Crippen LogP contribution in [0.2, 0.25) is 0 Å². The molecule has 0 atom stereocenters. The van der Waals surface area contributed by atoms with E-state index in [2.05, 4.69) is 0 Å². The van der Waals surface area contributed by atoms with Crippen molar-refractivity contribution in [2.45, 2.75) is 37.7 Å². The predicted octanol–water partition coefficient (Wildman–Crippen LogP) is 2.87. The van der Waals surface area contributed by atoms with Gasteiger partial charge in [0.1, 0.15) is 0 Å². The number of hydrogen-bond acceptors (Lipinski definition) is 1. The Morgan fingerprint density at radius 3 is 2.20 bits per heavy atom. The highest BCUT2D eigenvalue weighted by molar-refractivity contribution is 5.27. The first-order chi connectivity index (χ1) is 6.89. The highest BCUT2D eigenvalue weighted by atomic mass is 19.3. The van der Waals surface area contributed by atoms with Crippen LogP contribution in [0.4, 0.5) is 8.78 Å². The molecule has 3 heteroatoms. The lowest BCUT2D eigenvalue weighted by atomic mass is 10.0. The highest BCUT2D eigenvalue weighted by Crippen LogP contribution is 2.38. The maximum atomic E-state index is 12.9. The van der Waals surface area contributed by atoms with Crippen molar-refractivity contribution in [1.29, 1.82) is 0 Å². The van der Waals surface area contributed by atoms with E-state index in [9.17, 15) is 13.9 Å². The first-order valence-corrected chi connectivity index (χ1v) is 5.09. The smallest absolute Gasteiger partial charge is 0.270 e. The monoisotopic (exact) mass is 212 g/mol. The van der Waals surface area contributed by atoms with Gasteiger partial charge in [0, 0.05) is 18.9 Å². The van der Waals surface area contributed by atoms with Gasteiger partial charge in [-0.1, -0.05) is 24.3 Å². The molecule has 0 aromatic heterocycles. The summed E-state index contributed by atoms with van der Waals surface area (Å²) in [5, 5.41) is 9.66. The van der Waals surface area contributed by atoms with Gasteiger partial charge in [-0.15, -0.1) is 0 Å². The van der Waals surface area contributed by atoms with E-state index in [0.717, 1.165) is 25.3 Å². The molecule has 2 rings (SSSR count). The fourth-order valence-corrected chi connectivity index (χ4v) is 1.62. The second-order valence-corrected chi connectivity index (χ2v) is 4.49. The third kappa shape index (κ3) is 2.53. The third-order valence-electron chi connectivity index (χ3n) is 2.82. The predicted molar refractivity (Wildman–Crippen MR) is 53.9 cm³/mol. The summed E-state index contributed by atoms with van der Waals surface area (Å²) >= 11 is 0. The molecule has 1 aromatic carbocycles. The Labute approximate surface area is 87.7 Å². The van der Waals surface area contributed by atoms with E-state index >= 15 is 0 Å². The van der Waals surface area contributed by atoms with Gasteiger partial charge in [0.15, 0.2) is 0 Å². The van der Waals surface area contributed by atoms with Gasteiger partial charge in [-0.3, -0.25) is 0 Å². The minimum absolute atomic E-state index is 0.0223. The second kappa shape index (κ2) is 3.27. The van der Waals surface area contributed by atoms with E-state index in [1.54, 1.807) is 12.1 Å². The van der Waals surface area contributed by atoms with Crippen molar-refractivity contribution in [1.82, 2.24) is 0 Å². The zero-order valence-electron chi connectivity index (χ0n) is 8.63. The maximum Gasteiger partial charge on any atom is 0.270 e. The van der Waals surface area contributed by atoms with Crippen molar-refractivity contribution in [2.75, 3.05) is 0 Å². The Bertz CT molecular complexity index is 347.